The lowest BCUT2D eigenvalue weighted by molar-refractivity contribution is -0.143. The highest BCUT2D eigenvalue weighted by Gasteiger charge is 2.26. The van der Waals surface area contributed by atoms with Crippen LogP contribution in [0.5, 0.6) is 0 Å². The lowest BCUT2D eigenvalue weighted by Crippen LogP contribution is -2.56. The molecule has 76 valence electrons. The first kappa shape index (κ1) is 10.5. The largest absolute Gasteiger partial charge is 0.468 e. The molecule has 4 nitrogen and oxygen atoms in total. The summed E-state index contributed by atoms with van der Waals surface area (Å²) in [6, 6.07) is 0.811. The third-order valence-corrected chi connectivity index (χ3v) is 2.55. The number of hydrogen-bond acceptors (Lipinski definition) is 4. The molecule has 2 atom stereocenters. The van der Waals surface area contributed by atoms with E-state index in [1.54, 1.807) is 0 Å². The second-order valence-corrected chi connectivity index (χ2v) is 3.60. The Labute approximate surface area is 79.2 Å². The maximum Gasteiger partial charge on any atom is 0.319 e. The Kier molecular flexibility index (Phi) is 3.69. The van der Waals surface area contributed by atoms with Gasteiger partial charge in [-0.05, 0) is 13.8 Å². The van der Waals surface area contributed by atoms with Gasteiger partial charge in [0.2, 0.25) is 0 Å². The highest BCUT2D eigenvalue weighted by molar-refractivity contribution is 5.71. The first-order valence-corrected chi connectivity index (χ1v) is 4.68. The van der Waals surface area contributed by atoms with Crippen molar-refractivity contribution in [1.82, 2.24) is 10.2 Å². The van der Waals surface area contributed by atoms with Crippen molar-refractivity contribution in [3.05, 3.63) is 0 Å². The Bertz CT molecular complexity index is 174. The zero-order valence-corrected chi connectivity index (χ0v) is 8.54. The van der Waals surface area contributed by atoms with Gasteiger partial charge in [0.15, 0.2) is 0 Å². The Morgan fingerprint density at radius 2 is 2.00 bits per heavy atom. The van der Waals surface area contributed by atoms with E-state index in [9.17, 15) is 4.79 Å². The molecule has 1 heterocycles. The van der Waals surface area contributed by atoms with Gasteiger partial charge in [0.05, 0.1) is 13.7 Å². The van der Waals surface area contributed by atoms with E-state index in [-0.39, 0.29) is 5.97 Å². The molecule has 4 heteroatoms. The quantitative estimate of drug-likeness (QED) is 0.609. The van der Waals surface area contributed by atoms with Crippen LogP contribution in [0, 0.1) is 0 Å². The lowest BCUT2D eigenvalue weighted by Gasteiger charge is -2.38. The number of carbonyl (C=O) groups excluding carboxylic acids is 1. The third kappa shape index (κ3) is 2.67. The van der Waals surface area contributed by atoms with Crippen molar-refractivity contribution < 1.29 is 9.53 Å². The van der Waals surface area contributed by atoms with Crippen LogP contribution in [0.15, 0.2) is 0 Å². The molecule has 1 aliphatic heterocycles. The van der Waals surface area contributed by atoms with Crippen molar-refractivity contribution >= 4 is 5.97 Å². The van der Waals surface area contributed by atoms with Gasteiger partial charge in [-0.3, -0.25) is 9.69 Å². The van der Waals surface area contributed by atoms with Crippen molar-refractivity contribution in [3.8, 4) is 0 Å². The van der Waals surface area contributed by atoms with Crippen LogP contribution in [-0.4, -0.2) is 49.7 Å². The number of carbonyl (C=O) groups is 1. The van der Waals surface area contributed by atoms with Crippen molar-refractivity contribution in [2.45, 2.75) is 25.9 Å². The Hall–Kier alpha value is -0.610. The molecule has 0 aromatic heterocycles. The van der Waals surface area contributed by atoms with Gasteiger partial charge in [-0.25, -0.2) is 0 Å². The van der Waals surface area contributed by atoms with Crippen LogP contribution in [0.2, 0.25) is 0 Å². The molecule has 1 aliphatic rings. The second-order valence-electron chi connectivity index (χ2n) is 3.60. The lowest BCUT2D eigenvalue weighted by atomic mass is 10.1. The predicted molar refractivity (Wildman–Crippen MR) is 50.5 cm³/mol. The van der Waals surface area contributed by atoms with E-state index >= 15 is 0 Å². The summed E-state index contributed by atoms with van der Waals surface area (Å²) >= 11 is 0. The minimum atomic E-state index is -0.152. The molecule has 0 radical (unpaired) electrons. The van der Waals surface area contributed by atoms with Crippen LogP contribution in [0.3, 0.4) is 0 Å². The zero-order valence-electron chi connectivity index (χ0n) is 8.54. The number of ether oxygens (including phenoxy) is 1. The highest BCUT2D eigenvalue weighted by Crippen LogP contribution is 2.08. The second kappa shape index (κ2) is 4.58. The van der Waals surface area contributed by atoms with Crippen LogP contribution in [0.25, 0.3) is 0 Å². The molecule has 13 heavy (non-hydrogen) atoms. The molecule has 0 aromatic rings. The average Bonchev–Trinajstić information content (AvgIpc) is 2.11. The number of hydrogen-bond donors (Lipinski definition) is 1. The van der Waals surface area contributed by atoms with Crippen molar-refractivity contribution in [3.63, 3.8) is 0 Å². The number of methoxy groups -OCH3 is 1. The number of esters is 1. The highest BCUT2D eigenvalue weighted by atomic mass is 16.5. The van der Waals surface area contributed by atoms with Crippen molar-refractivity contribution in [2.24, 2.45) is 0 Å². The summed E-state index contributed by atoms with van der Waals surface area (Å²) in [6.45, 7) is 6.53. The maximum atomic E-state index is 11.1. The van der Waals surface area contributed by atoms with E-state index in [0.717, 1.165) is 13.1 Å². The van der Waals surface area contributed by atoms with Gasteiger partial charge >= 0.3 is 5.97 Å². The minimum absolute atomic E-state index is 0.152. The molecule has 0 bridgehead atoms. The first-order valence-electron chi connectivity index (χ1n) is 4.68. The van der Waals surface area contributed by atoms with E-state index in [2.05, 4.69) is 28.8 Å². The summed E-state index contributed by atoms with van der Waals surface area (Å²) in [6.07, 6.45) is 0. The summed E-state index contributed by atoms with van der Waals surface area (Å²) in [4.78, 5) is 13.3. The van der Waals surface area contributed by atoms with Crippen LogP contribution >= 0.6 is 0 Å². The standard InChI is InChI=1S/C9H18N2O2/c1-7-4-10-5-8(2)11(7)6-9(12)13-3/h7-8,10H,4-6H2,1-3H3. The molecule has 2 unspecified atom stereocenters. The monoisotopic (exact) mass is 186 g/mol. The van der Waals surface area contributed by atoms with E-state index in [4.69, 9.17) is 0 Å². The summed E-state index contributed by atoms with van der Waals surface area (Å²) in [5.41, 5.74) is 0. The van der Waals surface area contributed by atoms with Crippen LogP contribution in [0.1, 0.15) is 13.8 Å². The summed E-state index contributed by atoms with van der Waals surface area (Å²) in [5, 5.41) is 3.31. The fourth-order valence-corrected chi connectivity index (χ4v) is 1.70. The molecule has 1 rings (SSSR count). The fraction of sp³-hybridized carbons (Fsp3) is 0.889. The number of nitrogens with zero attached hydrogens (tertiary/aromatic N) is 1. The summed E-state index contributed by atoms with van der Waals surface area (Å²) in [5.74, 6) is -0.152. The summed E-state index contributed by atoms with van der Waals surface area (Å²) in [7, 11) is 1.43. The average molecular weight is 186 g/mol. The van der Waals surface area contributed by atoms with Gasteiger partial charge in [-0.2, -0.15) is 0 Å². The molecule has 1 fully saturated rings. The van der Waals surface area contributed by atoms with E-state index in [1.165, 1.54) is 7.11 Å². The van der Waals surface area contributed by atoms with Gasteiger partial charge in [-0.1, -0.05) is 0 Å². The molecule has 0 aromatic carbocycles. The molecule has 1 N–H and O–H groups in total. The van der Waals surface area contributed by atoms with Crippen LogP contribution in [-0.2, 0) is 9.53 Å². The molecule has 0 amide bonds. The van der Waals surface area contributed by atoms with Gasteiger partial charge < -0.3 is 10.1 Å². The SMILES string of the molecule is COC(=O)CN1C(C)CNCC1C. The van der Waals surface area contributed by atoms with Gasteiger partial charge in [0.1, 0.15) is 0 Å². The molecule has 1 saturated heterocycles. The smallest absolute Gasteiger partial charge is 0.319 e. The predicted octanol–water partition coefficient (Wildman–Crippen LogP) is -0.158. The molecule has 0 spiro atoms. The van der Waals surface area contributed by atoms with Gasteiger partial charge in [0.25, 0.3) is 0 Å². The fourth-order valence-electron chi connectivity index (χ4n) is 1.70. The zero-order chi connectivity index (χ0) is 9.84. The van der Waals surface area contributed by atoms with Gasteiger partial charge in [-0.15, -0.1) is 0 Å². The Morgan fingerprint density at radius 1 is 1.46 bits per heavy atom. The maximum absolute atomic E-state index is 11.1. The van der Waals surface area contributed by atoms with E-state index < -0.39 is 0 Å². The topological polar surface area (TPSA) is 41.6 Å². The van der Waals surface area contributed by atoms with Crippen molar-refractivity contribution in [2.75, 3.05) is 26.7 Å². The van der Waals surface area contributed by atoms with E-state index in [0.29, 0.717) is 18.6 Å². The summed E-state index contributed by atoms with van der Waals surface area (Å²) < 4.78 is 4.65. The van der Waals surface area contributed by atoms with Gasteiger partial charge in [0, 0.05) is 25.2 Å². The Morgan fingerprint density at radius 3 is 2.46 bits per heavy atom. The number of nitrogens with one attached hydrogen (secondary N) is 1. The number of piperazine rings is 1. The Balaban J connectivity index is 2.48. The first-order chi connectivity index (χ1) is 6.15. The molecule has 0 aliphatic carbocycles. The number of rotatable bonds is 2. The molecule has 0 saturated carbocycles. The normalized spacial score (nSPS) is 30.1. The molecular formula is C9H18N2O2. The third-order valence-electron chi connectivity index (χ3n) is 2.55. The van der Waals surface area contributed by atoms with Crippen molar-refractivity contribution in [1.29, 1.82) is 0 Å². The van der Waals surface area contributed by atoms with Crippen LogP contribution in [0.4, 0.5) is 0 Å². The molecular weight excluding hydrogens is 168 g/mol. The van der Waals surface area contributed by atoms with E-state index in [1.807, 2.05) is 0 Å². The van der Waals surface area contributed by atoms with Crippen LogP contribution < -0.4 is 5.32 Å². The minimum Gasteiger partial charge on any atom is -0.468 e.